The second-order valence-corrected chi connectivity index (χ2v) is 10.8. The van der Waals surface area contributed by atoms with Gasteiger partial charge in [0, 0.05) is 24.8 Å². The van der Waals surface area contributed by atoms with E-state index in [-0.39, 0.29) is 43.4 Å². The SMILES string of the molecule is O=C(CCC(F)(F)F)N[C@H](c1cnn2cc([C@@H](NC(=O)c3ccccc3)C3CCC(F)(F)CC3)nc2c1)C1CC1. The van der Waals surface area contributed by atoms with Crippen molar-refractivity contribution >= 4 is 17.5 Å². The summed E-state index contributed by atoms with van der Waals surface area (Å²) in [6.45, 7) is 0. The first kappa shape index (κ1) is 28.0. The Hall–Kier alpha value is -3.57. The summed E-state index contributed by atoms with van der Waals surface area (Å²) in [5, 5.41) is 10.1. The van der Waals surface area contributed by atoms with E-state index in [0.717, 1.165) is 12.8 Å². The maximum absolute atomic E-state index is 13.9. The van der Waals surface area contributed by atoms with Crippen molar-refractivity contribution in [2.24, 2.45) is 11.8 Å². The first-order chi connectivity index (χ1) is 19.0. The van der Waals surface area contributed by atoms with Crippen molar-refractivity contribution in [3.8, 4) is 0 Å². The molecule has 3 aromatic rings. The predicted molar refractivity (Wildman–Crippen MR) is 135 cm³/mol. The Bertz CT molecular complexity index is 1350. The number of halogens is 5. The highest BCUT2D eigenvalue weighted by Crippen LogP contribution is 2.43. The highest BCUT2D eigenvalue weighted by molar-refractivity contribution is 5.94. The fourth-order valence-electron chi connectivity index (χ4n) is 5.28. The van der Waals surface area contributed by atoms with Gasteiger partial charge in [-0.25, -0.2) is 18.3 Å². The van der Waals surface area contributed by atoms with Gasteiger partial charge >= 0.3 is 6.18 Å². The summed E-state index contributed by atoms with van der Waals surface area (Å²) < 4.78 is 67.1. The topological polar surface area (TPSA) is 88.4 Å². The van der Waals surface area contributed by atoms with E-state index in [0.29, 0.717) is 22.5 Å². The van der Waals surface area contributed by atoms with E-state index < -0.39 is 42.9 Å². The molecule has 2 amide bonds. The van der Waals surface area contributed by atoms with Crippen LogP contribution in [0.1, 0.15) is 85.1 Å². The molecule has 0 saturated heterocycles. The maximum atomic E-state index is 13.9. The van der Waals surface area contributed by atoms with E-state index >= 15 is 0 Å². The first-order valence-electron chi connectivity index (χ1n) is 13.4. The number of rotatable bonds is 9. The molecule has 1 aromatic carbocycles. The Morgan fingerprint density at radius 2 is 1.68 bits per heavy atom. The number of carbonyl (C=O) groups excluding carboxylic acids is 2. The molecule has 0 aliphatic heterocycles. The zero-order valence-electron chi connectivity index (χ0n) is 21.6. The van der Waals surface area contributed by atoms with E-state index in [4.69, 9.17) is 0 Å². The number of fused-ring (bicyclic) bond motifs is 1. The molecule has 2 atom stereocenters. The minimum atomic E-state index is -4.42. The van der Waals surface area contributed by atoms with Gasteiger partial charge in [-0.05, 0) is 61.3 Å². The average Bonchev–Trinajstić information content (AvgIpc) is 3.67. The third-order valence-corrected chi connectivity index (χ3v) is 7.64. The molecule has 5 rings (SSSR count). The van der Waals surface area contributed by atoms with E-state index in [2.05, 4.69) is 20.7 Å². The quantitative estimate of drug-likeness (QED) is 0.316. The van der Waals surface area contributed by atoms with E-state index in [1.807, 2.05) is 0 Å². The van der Waals surface area contributed by atoms with Crippen molar-refractivity contribution in [3.05, 3.63) is 65.6 Å². The second kappa shape index (κ2) is 11.1. The number of carbonyl (C=O) groups is 2. The minimum Gasteiger partial charge on any atom is -0.349 e. The van der Waals surface area contributed by atoms with Crippen LogP contribution >= 0.6 is 0 Å². The van der Waals surface area contributed by atoms with Crippen LogP contribution in [0.2, 0.25) is 0 Å². The number of imidazole rings is 1. The molecule has 40 heavy (non-hydrogen) atoms. The van der Waals surface area contributed by atoms with Gasteiger partial charge in [-0.15, -0.1) is 0 Å². The Morgan fingerprint density at radius 3 is 2.33 bits per heavy atom. The fourth-order valence-corrected chi connectivity index (χ4v) is 5.28. The van der Waals surface area contributed by atoms with Crippen LogP contribution in [-0.2, 0) is 4.79 Å². The van der Waals surface area contributed by atoms with Gasteiger partial charge in [-0.2, -0.15) is 18.3 Å². The van der Waals surface area contributed by atoms with Crippen LogP contribution in [0.25, 0.3) is 5.65 Å². The standard InChI is InChI=1S/C28H30F5N5O2/c29-27(30)11-8-18(9-12-27)25(37-26(40)19-4-2-1-3-5-19)21-16-38-22(35-21)14-20(15-34-38)24(17-6-7-17)36-23(39)10-13-28(31,32)33/h1-5,14-18,24-25H,6-13H2,(H,36,39)(H,37,40)/t24-,25-/m0/s1. The van der Waals surface area contributed by atoms with E-state index in [1.54, 1.807) is 48.8 Å². The molecule has 0 unspecified atom stereocenters. The highest BCUT2D eigenvalue weighted by Gasteiger charge is 2.40. The third-order valence-electron chi connectivity index (χ3n) is 7.64. The number of amides is 2. The highest BCUT2D eigenvalue weighted by atomic mass is 19.4. The molecule has 0 radical (unpaired) electrons. The minimum absolute atomic E-state index is 0.0929. The van der Waals surface area contributed by atoms with Gasteiger partial charge in [0.25, 0.3) is 5.91 Å². The van der Waals surface area contributed by atoms with Crippen LogP contribution in [0.4, 0.5) is 22.0 Å². The molecule has 2 saturated carbocycles. The number of benzene rings is 1. The Morgan fingerprint density at radius 1 is 1.00 bits per heavy atom. The molecule has 0 spiro atoms. The molecular formula is C28H30F5N5O2. The van der Waals surface area contributed by atoms with Gasteiger partial charge in [-0.1, -0.05) is 18.2 Å². The van der Waals surface area contributed by atoms with Crippen LogP contribution < -0.4 is 10.6 Å². The normalized spacial score (nSPS) is 19.2. The Kier molecular flexibility index (Phi) is 7.78. The molecule has 0 bridgehead atoms. The molecule has 12 heteroatoms. The van der Waals surface area contributed by atoms with Crippen LogP contribution in [0, 0.1) is 11.8 Å². The summed E-state index contributed by atoms with van der Waals surface area (Å²) in [6.07, 6.45) is -1.53. The maximum Gasteiger partial charge on any atom is 0.389 e. The summed E-state index contributed by atoms with van der Waals surface area (Å²) in [5.74, 6) is -3.93. The number of nitrogens with one attached hydrogen (secondary N) is 2. The molecule has 2 fully saturated rings. The number of alkyl halides is 5. The van der Waals surface area contributed by atoms with Gasteiger partial charge in [0.05, 0.1) is 36.6 Å². The average molecular weight is 564 g/mol. The summed E-state index contributed by atoms with van der Waals surface area (Å²) in [7, 11) is 0. The lowest BCUT2D eigenvalue weighted by atomic mass is 9.81. The van der Waals surface area contributed by atoms with Gasteiger partial charge in [0.2, 0.25) is 11.8 Å². The molecule has 2 heterocycles. The largest absolute Gasteiger partial charge is 0.389 e. The lowest BCUT2D eigenvalue weighted by Gasteiger charge is -2.33. The summed E-state index contributed by atoms with van der Waals surface area (Å²) >= 11 is 0. The number of hydrogen-bond acceptors (Lipinski definition) is 4. The van der Waals surface area contributed by atoms with Crippen molar-refractivity contribution < 1.29 is 31.5 Å². The van der Waals surface area contributed by atoms with Crippen molar-refractivity contribution in [3.63, 3.8) is 0 Å². The Balaban J connectivity index is 1.39. The number of nitrogens with zero attached hydrogens (tertiary/aromatic N) is 3. The van der Waals surface area contributed by atoms with E-state index in [1.165, 1.54) is 4.52 Å². The fraction of sp³-hybridized carbons (Fsp3) is 0.500. The lowest BCUT2D eigenvalue weighted by molar-refractivity contribution is -0.144. The van der Waals surface area contributed by atoms with Crippen molar-refractivity contribution in [1.82, 2.24) is 25.2 Å². The summed E-state index contributed by atoms with van der Waals surface area (Å²) in [4.78, 5) is 30.0. The van der Waals surface area contributed by atoms with Crippen LogP contribution in [-0.4, -0.2) is 38.5 Å². The third kappa shape index (κ3) is 6.95. The molecule has 2 N–H and O–H groups in total. The molecule has 2 aliphatic carbocycles. The van der Waals surface area contributed by atoms with Crippen LogP contribution in [0.3, 0.4) is 0 Å². The van der Waals surface area contributed by atoms with Crippen molar-refractivity contribution in [2.75, 3.05) is 0 Å². The van der Waals surface area contributed by atoms with Crippen LogP contribution in [0.15, 0.2) is 48.8 Å². The number of aromatic nitrogens is 3. The van der Waals surface area contributed by atoms with Crippen molar-refractivity contribution in [1.29, 1.82) is 0 Å². The molecule has 2 aromatic heterocycles. The lowest BCUT2D eigenvalue weighted by Crippen LogP contribution is -2.37. The second-order valence-electron chi connectivity index (χ2n) is 10.8. The van der Waals surface area contributed by atoms with Gasteiger partial charge in [0.15, 0.2) is 5.65 Å². The molecule has 214 valence electrons. The monoisotopic (exact) mass is 563 g/mol. The Labute approximate surface area is 227 Å². The molecule has 7 nitrogen and oxygen atoms in total. The summed E-state index contributed by atoms with van der Waals surface area (Å²) in [6, 6.07) is 9.19. The summed E-state index contributed by atoms with van der Waals surface area (Å²) in [5.41, 5.74) is 1.95. The molecule has 2 aliphatic rings. The zero-order valence-corrected chi connectivity index (χ0v) is 21.6. The predicted octanol–water partition coefficient (Wildman–Crippen LogP) is 5.94. The zero-order chi connectivity index (χ0) is 28.5. The van der Waals surface area contributed by atoms with Gasteiger partial charge < -0.3 is 10.6 Å². The van der Waals surface area contributed by atoms with Crippen molar-refractivity contribution in [2.45, 2.75) is 75.5 Å². The van der Waals surface area contributed by atoms with Gasteiger partial charge in [-0.3, -0.25) is 9.59 Å². The van der Waals surface area contributed by atoms with E-state index in [9.17, 15) is 31.5 Å². The van der Waals surface area contributed by atoms with Gasteiger partial charge in [0.1, 0.15) is 0 Å². The molecular weight excluding hydrogens is 533 g/mol. The number of hydrogen-bond donors (Lipinski definition) is 2. The van der Waals surface area contributed by atoms with Crippen LogP contribution in [0.5, 0.6) is 0 Å². The first-order valence-corrected chi connectivity index (χ1v) is 13.4. The smallest absolute Gasteiger partial charge is 0.349 e.